The molecular formula is C23H23ClN2O4. The summed E-state index contributed by atoms with van der Waals surface area (Å²) in [6.45, 7) is 0.0875. The molecule has 30 heavy (non-hydrogen) atoms. The lowest BCUT2D eigenvalue weighted by Gasteiger charge is -2.14. The van der Waals surface area contributed by atoms with Gasteiger partial charge in [-0.3, -0.25) is 4.79 Å². The average molecular weight is 427 g/mol. The van der Waals surface area contributed by atoms with Gasteiger partial charge >= 0.3 is 5.97 Å². The fraction of sp³-hybridized carbons (Fsp3) is 0.304. The second-order valence-corrected chi connectivity index (χ2v) is 7.98. The SMILES string of the molecule is NC(=O)C1CCCCc2c1c1c(OCC(=O)O)cccc1n2Cc1ccccc1Cl. The second kappa shape index (κ2) is 8.40. The third kappa shape index (κ3) is 3.75. The second-order valence-electron chi connectivity index (χ2n) is 7.57. The molecule has 1 heterocycles. The van der Waals surface area contributed by atoms with Crippen LogP contribution in [0.25, 0.3) is 10.9 Å². The number of amides is 1. The smallest absolute Gasteiger partial charge is 0.341 e. The van der Waals surface area contributed by atoms with Crippen LogP contribution in [-0.4, -0.2) is 28.2 Å². The molecule has 0 fully saturated rings. The number of rotatable bonds is 6. The number of carbonyl (C=O) groups is 2. The zero-order chi connectivity index (χ0) is 21.3. The van der Waals surface area contributed by atoms with Gasteiger partial charge in [-0.05, 0) is 48.6 Å². The lowest BCUT2D eigenvalue weighted by molar-refractivity contribution is -0.139. The molecule has 0 spiro atoms. The van der Waals surface area contributed by atoms with Gasteiger partial charge in [0.05, 0.1) is 11.4 Å². The summed E-state index contributed by atoms with van der Waals surface area (Å²) >= 11 is 6.43. The van der Waals surface area contributed by atoms with Crippen LogP contribution in [0, 0.1) is 0 Å². The first-order chi connectivity index (χ1) is 14.5. The molecule has 6 nitrogen and oxygen atoms in total. The molecule has 1 atom stereocenters. The van der Waals surface area contributed by atoms with Crippen LogP contribution >= 0.6 is 11.6 Å². The van der Waals surface area contributed by atoms with Crippen LogP contribution in [0.2, 0.25) is 5.02 Å². The van der Waals surface area contributed by atoms with Gasteiger partial charge in [0.2, 0.25) is 5.91 Å². The maximum absolute atomic E-state index is 12.4. The summed E-state index contributed by atoms with van der Waals surface area (Å²) in [5.74, 6) is -1.41. The van der Waals surface area contributed by atoms with E-state index in [1.54, 1.807) is 6.07 Å². The van der Waals surface area contributed by atoms with E-state index in [-0.39, 0.29) is 5.91 Å². The van der Waals surface area contributed by atoms with E-state index in [4.69, 9.17) is 27.2 Å². The highest BCUT2D eigenvalue weighted by atomic mass is 35.5. The molecule has 0 radical (unpaired) electrons. The van der Waals surface area contributed by atoms with Crippen molar-refractivity contribution in [1.29, 1.82) is 0 Å². The van der Waals surface area contributed by atoms with Crippen LogP contribution in [0.15, 0.2) is 42.5 Å². The van der Waals surface area contributed by atoms with Crippen molar-refractivity contribution >= 4 is 34.4 Å². The van der Waals surface area contributed by atoms with Crippen molar-refractivity contribution in [2.24, 2.45) is 5.73 Å². The van der Waals surface area contributed by atoms with E-state index >= 15 is 0 Å². The summed E-state index contributed by atoms with van der Waals surface area (Å²) in [4.78, 5) is 23.5. The Balaban J connectivity index is 1.96. The van der Waals surface area contributed by atoms with Crippen LogP contribution < -0.4 is 10.5 Å². The van der Waals surface area contributed by atoms with Crippen molar-refractivity contribution in [3.05, 3.63) is 64.3 Å². The molecule has 4 rings (SSSR count). The lowest BCUT2D eigenvalue weighted by atomic mass is 9.92. The molecule has 156 valence electrons. The fourth-order valence-electron chi connectivity index (χ4n) is 4.40. The number of fused-ring (bicyclic) bond motifs is 3. The standard InChI is InChI=1S/C23H23ClN2O4/c24-16-8-3-1-6-14(16)12-26-17-9-4-2-7-15(23(25)29)21(17)22-18(26)10-5-11-19(22)30-13-20(27)28/h1,3,5-6,8,10-11,15H,2,4,7,9,12-13H2,(H2,25,29)(H,27,28). The van der Waals surface area contributed by atoms with Gasteiger partial charge in [0.25, 0.3) is 0 Å². The van der Waals surface area contributed by atoms with Crippen LogP contribution in [0.4, 0.5) is 0 Å². The third-order valence-corrected chi connectivity index (χ3v) is 6.06. The number of carboxylic acids is 1. The van der Waals surface area contributed by atoms with Gasteiger partial charge in [0, 0.05) is 22.6 Å². The molecule has 0 saturated heterocycles. The number of primary amides is 1. The molecule has 1 aliphatic carbocycles. The monoisotopic (exact) mass is 426 g/mol. The Morgan fingerprint density at radius 1 is 1.17 bits per heavy atom. The molecule has 3 aromatic rings. The first-order valence-corrected chi connectivity index (χ1v) is 10.4. The van der Waals surface area contributed by atoms with Crippen molar-refractivity contribution in [3.63, 3.8) is 0 Å². The Morgan fingerprint density at radius 2 is 1.97 bits per heavy atom. The first kappa shape index (κ1) is 20.3. The van der Waals surface area contributed by atoms with E-state index in [1.807, 2.05) is 36.4 Å². The molecule has 1 aromatic heterocycles. The topological polar surface area (TPSA) is 94.6 Å². The van der Waals surface area contributed by atoms with Crippen LogP contribution in [0.3, 0.4) is 0 Å². The molecule has 1 amide bonds. The number of aliphatic carboxylic acids is 1. The molecule has 1 unspecified atom stereocenters. The van der Waals surface area contributed by atoms with Crippen molar-refractivity contribution in [2.75, 3.05) is 6.61 Å². The number of hydrogen-bond acceptors (Lipinski definition) is 3. The number of hydrogen-bond donors (Lipinski definition) is 2. The first-order valence-electron chi connectivity index (χ1n) is 9.98. The Kier molecular flexibility index (Phi) is 5.68. The minimum absolute atomic E-state index is 0.372. The maximum atomic E-state index is 12.4. The number of nitrogens with zero attached hydrogens (tertiary/aromatic N) is 1. The summed E-state index contributed by atoms with van der Waals surface area (Å²) < 4.78 is 7.78. The van der Waals surface area contributed by atoms with Crippen LogP contribution in [0.1, 0.15) is 42.0 Å². The normalized spacial score (nSPS) is 16.1. The molecule has 3 N–H and O–H groups in total. The van der Waals surface area contributed by atoms with Gasteiger partial charge in [-0.2, -0.15) is 0 Å². The zero-order valence-corrected chi connectivity index (χ0v) is 17.2. The Bertz CT molecular complexity index is 1120. The minimum atomic E-state index is -1.06. The van der Waals surface area contributed by atoms with Crippen molar-refractivity contribution in [3.8, 4) is 5.75 Å². The number of nitrogens with two attached hydrogens (primary N) is 1. The Labute approximate surface area is 179 Å². The van der Waals surface area contributed by atoms with Crippen LogP contribution in [-0.2, 0) is 22.6 Å². The van der Waals surface area contributed by atoms with E-state index < -0.39 is 18.5 Å². The predicted octanol–water partition coefficient (Wildman–Crippen LogP) is 4.10. The summed E-state index contributed by atoms with van der Waals surface area (Å²) in [5.41, 5.74) is 9.55. The highest BCUT2D eigenvalue weighted by Gasteiger charge is 2.31. The van der Waals surface area contributed by atoms with Crippen molar-refractivity contribution < 1.29 is 19.4 Å². The van der Waals surface area contributed by atoms with Crippen LogP contribution in [0.5, 0.6) is 5.75 Å². The van der Waals surface area contributed by atoms with Gasteiger partial charge in [0.15, 0.2) is 6.61 Å². The molecule has 7 heteroatoms. The number of aromatic nitrogens is 1. The van der Waals surface area contributed by atoms with E-state index in [0.717, 1.165) is 47.0 Å². The van der Waals surface area contributed by atoms with Gasteiger partial charge in [-0.15, -0.1) is 0 Å². The molecule has 0 bridgehead atoms. The largest absolute Gasteiger partial charge is 0.481 e. The van der Waals surface area contributed by atoms with E-state index in [1.165, 1.54) is 0 Å². The molecular weight excluding hydrogens is 404 g/mol. The summed E-state index contributed by atoms with van der Waals surface area (Å²) in [7, 11) is 0. The van der Waals surface area contributed by atoms with Gasteiger partial charge < -0.3 is 20.1 Å². The number of carboxylic acid groups (broad SMARTS) is 1. The number of benzene rings is 2. The minimum Gasteiger partial charge on any atom is -0.481 e. The Hall–Kier alpha value is -2.99. The van der Waals surface area contributed by atoms with E-state index in [0.29, 0.717) is 23.7 Å². The maximum Gasteiger partial charge on any atom is 0.341 e. The van der Waals surface area contributed by atoms with E-state index in [9.17, 15) is 9.59 Å². The number of carbonyl (C=O) groups excluding carboxylic acids is 1. The molecule has 0 aliphatic heterocycles. The Morgan fingerprint density at radius 3 is 2.70 bits per heavy atom. The fourth-order valence-corrected chi connectivity index (χ4v) is 4.60. The van der Waals surface area contributed by atoms with Gasteiger partial charge in [0.1, 0.15) is 5.75 Å². The zero-order valence-electron chi connectivity index (χ0n) is 16.4. The van der Waals surface area contributed by atoms with Gasteiger partial charge in [-0.1, -0.05) is 42.3 Å². The number of halogens is 1. The quantitative estimate of drug-likeness (QED) is 0.580. The molecule has 0 saturated carbocycles. The summed E-state index contributed by atoms with van der Waals surface area (Å²) in [5, 5.41) is 10.5. The molecule has 1 aliphatic rings. The summed E-state index contributed by atoms with van der Waals surface area (Å²) in [6.07, 6.45) is 3.31. The van der Waals surface area contributed by atoms with Crippen molar-refractivity contribution in [1.82, 2.24) is 4.57 Å². The third-order valence-electron chi connectivity index (χ3n) is 5.69. The van der Waals surface area contributed by atoms with E-state index in [2.05, 4.69) is 4.57 Å². The summed E-state index contributed by atoms with van der Waals surface area (Å²) in [6, 6.07) is 13.2. The van der Waals surface area contributed by atoms with Crippen molar-refractivity contribution in [2.45, 2.75) is 38.1 Å². The number of ether oxygens (including phenoxy) is 1. The molecule has 2 aromatic carbocycles. The lowest BCUT2D eigenvalue weighted by Crippen LogP contribution is -2.21. The highest BCUT2D eigenvalue weighted by molar-refractivity contribution is 6.31. The van der Waals surface area contributed by atoms with Gasteiger partial charge in [-0.25, -0.2) is 4.79 Å². The average Bonchev–Trinajstić information content (AvgIpc) is 2.87. The predicted molar refractivity (Wildman–Crippen MR) is 115 cm³/mol. The highest BCUT2D eigenvalue weighted by Crippen LogP contribution is 2.42.